The molecule has 2 bridgehead atoms. The molecule has 0 amide bonds. The number of halogens is 1. The van der Waals surface area contributed by atoms with Gasteiger partial charge >= 0.3 is 0 Å². The standard InChI is InChI=1S/C21H21FN2S/c22-18(21-11-14-7-9-24(21)10-8-14)13-25-15-5-6-17-16-3-1-2-4-19(16)23-20(17)12-15/h1-6,12,14,23H,7-11,13H2. The largest absolute Gasteiger partial charge is 0.373 e. The Bertz CT molecular complexity index is 966. The Morgan fingerprint density at radius 2 is 1.88 bits per heavy atom. The number of hydrogen-bond acceptors (Lipinski definition) is 2. The molecule has 25 heavy (non-hydrogen) atoms. The molecule has 0 unspecified atom stereocenters. The fourth-order valence-corrected chi connectivity index (χ4v) is 5.07. The predicted molar refractivity (Wildman–Crippen MR) is 104 cm³/mol. The molecule has 0 spiro atoms. The van der Waals surface area contributed by atoms with Crippen molar-refractivity contribution in [3.05, 3.63) is 54.0 Å². The molecule has 0 radical (unpaired) electrons. The van der Waals surface area contributed by atoms with Crippen LogP contribution in [-0.2, 0) is 0 Å². The summed E-state index contributed by atoms with van der Waals surface area (Å²) in [5, 5.41) is 2.47. The molecule has 6 rings (SSSR count). The average molecular weight is 352 g/mol. The van der Waals surface area contributed by atoms with E-state index in [1.54, 1.807) is 11.8 Å². The lowest BCUT2D eigenvalue weighted by molar-refractivity contribution is 0.154. The Balaban J connectivity index is 1.38. The summed E-state index contributed by atoms with van der Waals surface area (Å²) in [7, 11) is 0. The van der Waals surface area contributed by atoms with E-state index in [0.29, 0.717) is 11.7 Å². The SMILES string of the molecule is FC(CSc1ccc2c(c1)[nH]c1ccccc12)=C1CC2CCN1CC2. The predicted octanol–water partition coefficient (Wildman–Crippen LogP) is 5.71. The maximum absolute atomic E-state index is 14.7. The summed E-state index contributed by atoms with van der Waals surface area (Å²) < 4.78 is 14.7. The van der Waals surface area contributed by atoms with Crippen LogP contribution in [0.15, 0.2) is 58.9 Å². The van der Waals surface area contributed by atoms with Crippen LogP contribution in [0, 0.1) is 5.92 Å². The summed E-state index contributed by atoms with van der Waals surface area (Å²) in [6.07, 6.45) is 3.41. The lowest BCUT2D eigenvalue weighted by atomic mass is 9.86. The zero-order valence-electron chi connectivity index (χ0n) is 14.1. The van der Waals surface area contributed by atoms with E-state index in [0.717, 1.165) is 41.1 Å². The Morgan fingerprint density at radius 1 is 1.08 bits per heavy atom. The van der Waals surface area contributed by atoms with Crippen LogP contribution >= 0.6 is 11.8 Å². The van der Waals surface area contributed by atoms with Gasteiger partial charge in [0.2, 0.25) is 0 Å². The average Bonchev–Trinajstić information content (AvgIpc) is 3.04. The highest BCUT2D eigenvalue weighted by molar-refractivity contribution is 7.99. The van der Waals surface area contributed by atoms with Crippen molar-refractivity contribution < 1.29 is 4.39 Å². The molecule has 0 atom stereocenters. The van der Waals surface area contributed by atoms with Gasteiger partial charge in [-0.3, -0.25) is 0 Å². The van der Waals surface area contributed by atoms with Gasteiger partial charge in [-0.25, -0.2) is 4.39 Å². The topological polar surface area (TPSA) is 19.0 Å². The first-order valence-electron chi connectivity index (χ1n) is 9.04. The van der Waals surface area contributed by atoms with E-state index < -0.39 is 0 Å². The molecule has 3 aliphatic rings. The molecular formula is C21H21FN2S. The van der Waals surface area contributed by atoms with E-state index in [-0.39, 0.29) is 5.83 Å². The minimum absolute atomic E-state index is 0.0751. The van der Waals surface area contributed by atoms with Crippen LogP contribution in [0.4, 0.5) is 4.39 Å². The van der Waals surface area contributed by atoms with E-state index in [4.69, 9.17) is 0 Å². The second-order valence-corrected chi connectivity index (χ2v) is 8.20. The van der Waals surface area contributed by atoms with Crippen molar-refractivity contribution in [1.29, 1.82) is 0 Å². The number of nitrogens with one attached hydrogen (secondary N) is 1. The van der Waals surface area contributed by atoms with Gasteiger partial charge in [0, 0.05) is 45.5 Å². The van der Waals surface area contributed by atoms with Crippen molar-refractivity contribution in [2.24, 2.45) is 5.92 Å². The van der Waals surface area contributed by atoms with Crippen molar-refractivity contribution >= 4 is 33.6 Å². The number of benzene rings is 2. The number of allylic oxidation sites excluding steroid dienone is 1. The molecule has 2 nitrogen and oxygen atoms in total. The van der Waals surface area contributed by atoms with E-state index in [9.17, 15) is 4.39 Å². The van der Waals surface area contributed by atoms with Gasteiger partial charge in [-0.15, -0.1) is 11.8 Å². The minimum Gasteiger partial charge on any atom is -0.373 e. The molecule has 1 aromatic heterocycles. The van der Waals surface area contributed by atoms with E-state index >= 15 is 0 Å². The van der Waals surface area contributed by atoms with Crippen LogP contribution in [-0.4, -0.2) is 28.7 Å². The van der Waals surface area contributed by atoms with Gasteiger partial charge in [0.15, 0.2) is 0 Å². The third kappa shape index (κ3) is 2.73. The zero-order valence-corrected chi connectivity index (χ0v) is 14.9. The van der Waals surface area contributed by atoms with Gasteiger partial charge in [0.25, 0.3) is 0 Å². The van der Waals surface area contributed by atoms with Crippen molar-refractivity contribution in [3.63, 3.8) is 0 Å². The Kier molecular flexibility index (Phi) is 3.74. The molecule has 2 aromatic carbocycles. The van der Waals surface area contributed by atoms with Crippen LogP contribution in [0.5, 0.6) is 0 Å². The van der Waals surface area contributed by atoms with Gasteiger partial charge < -0.3 is 9.88 Å². The van der Waals surface area contributed by atoms with Gasteiger partial charge in [0.1, 0.15) is 5.83 Å². The number of H-pyrrole nitrogens is 1. The van der Waals surface area contributed by atoms with E-state index in [1.807, 2.05) is 6.07 Å². The van der Waals surface area contributed by atoms with Gasteiger partial charge in [0.05, 0.1) is 5.75 Å². The molecule has 0 saturated carbocycles. The number of aromatic amines is 1. The first-order valence-corrected chi connectivity index (χ1v) is 10.0. The number of piperidine rings is 3. The second kappa shape index (κ2) is 6.10. The summed E-state index contributed by atoms with van der Waals surface area (Å²) in [6.45, 7) is 2.08. The van der Waals surface area contributed by atoms with Crippen LogP contribution in [0.3, 0.4) is 0 Å². The van der Waals surface area contributed by atoms with Crippen LogP contribution < -0.4 is 0 Å². The number of rotatable bonds is 3. The van der Waals surface area contributed by atoms with Gasteiger partial charge in [-0.05, 0) is 43.4 Å². The zero-order chi connectivity index (χ0) is 16.8. The molecule has 4 heterocycles. The molecule has 0 aliphatic carbocycles. The molecular weight excluding hydrogens is 331 g/mol. The summed E-state index contributed by atoms with van der Waals surface area (Å²) >= 11 is 1.59. The third-order valence-electron chi connectivity index (χ3n) is 5.63. The highest BCUT2D eigenvalue weighted by Gasteiger charge is 2.30. The Labute approximate surface area is 151 Å². The number of nitrogens with zero attached hydrogens (tertiary/aromatic N) is 1. The van der Waals surface area contributed by atoms with Crippen molar-refractivity contribution in [1.82, 2.24) is 9.88 Å². The smallest absolute Gasteiger partial charge is 0.129 e. The maximum atomic E-state index is 14.7. The maximum Gasteiger partial charge on any atom is 0.129 e. The molecule has 4 heteroatoms. The number of aromatic nitrogens is 1. The lowest BCUT2D eigenvalue weighted by Crippen LogP contribution is -2.40. The Morgan fingerprint density at radius 3 is 2.68 bits per heavy atom. The molecule has 3 aromatic rings. The molecule has 1 N–H and O–H groups in total. The van der Waals surface area contributed by atoms with Crippen molar-refractivity contribution in [2.45, 2.75) is 24.2 Å². The minimum atomic E-state index is 0.0751. The van der Waals surface area contributed by atoms with Crippen LogP contribution in [0.1, 0.15) is 19.3 Å². The first kappa shape index (κ1) is 15.3. The number of para-hydroxylation sites is 1. The first-order chi connectivity index (χ1) is 12.3. The fourth-order valence-electron chi connectivity index (χ4n) is 4.25. The normalized spacial score (nSPS) is 20.0. The summed E-state index contributed by atoms with van der Waals surface area (Å²) in [4.78, 5) is 6.84. The van der Waals surface area contributed by atoms with Gasteiger partial charge in [-0.1, -0.05) is 24.3 Å². The van der Waals surface area contributed by atoms with Crippen molar-refractivity contribution in [3.8, 4) is 0 Å². The summed E-state index contributed by atoms with van der Waals surface area (Å²) in [6, 6.07) is 14.7. The van der Waals surface area contributed by atoms with Crippen LogP contribution in [0.25, 0.3) is 21.8 Å². The molecule has 3 saturated heterocycles. The number of fused-ring (bicyclic) bond motifs is 6. The third-order valence-corrected chi connectivity index (χ3v) is 6.62. The van der Waals surface area contributed by atoms with E-state index in [2.05, 4.69) is 46.3 Å². The molecule has 3 fully saturated rings. The molecule has 3 aliphatic heterocycles. The van der Waals surface area contributed by atoms with Crippen molar-refractivity contribution in [2.75, 3.05) is 18.8 Å². The van der Waals surface area contributed by atoms with E-state index in [1.165, 1.54) is 23.6 Å². The second-order valence-electron chi connectivity index (χ2n) is 7.15. The quantitative estimate of drug-likeness (QED) is 0.609. The number of thioether (sulfide) groups is 1. The fraction of sp³-hybridized carbons (Fsp3) is 0.333. The van der Waals surface area contributed by atoms with Gasteiger partial charge in [-0.2, -0.15) is 0 Å². The number of hydrogen-bond donors (Lipinski definition) is 1. The summed E-state index contributed by atoms with van der Waals surface area (Å²) in [5.41, 5.74) is 3.25. The summed E-state index contributed by atoms with van der Waals surface area (Å²) in [5.74, 6) is 1.22. The monoisotopic (exact) mass is 352 g/mol. The Hall–Kier alpha value is -1.94. The highest BCUT2D eigenvalue weighted by atomic mass is 32.2. The lowest BCUT2D eigenvalue weighted by Gasteiger charge is -2.42. The molecule has 128 valence electrons. The van der Waals surface area contributed by atoms with Crippen LogP contribution in [0.2, 0.25) is 0 Å². The highest BCUT2D eigenvalue weighted by Crippen LogP contribution is 2.37.